The molecular formula is C24H39Cl2N3O3. The maximum absolute atomic E-state index is 13.1. The van der Waals surface area contributed by atoms with Gasteiger partial charge in [-0.2, -0.15) is 0 Å². The van der Waals surface area contributed by atoms with Gasteiger partial charge in [0.25, 0.3) is 0 Å². The van der Waals surface area contributed by atoms with E-state index < -0.39 is 0 Å². The zero-order valence-corrected chi connectivity index (χ0v) is 20.7. The maximum Gasteiger partial charge on any atom is 0.224 e. The van der Waals surface area contributed by atoms with Crippen molar-refractivity contribution in [1.29, 1.82) is 0 Å². The van der Waals surface area contributed by atoms with Gasteiger partial charge in [0, 0.05) is 51.7 Å². The normalized spacial score (nSPS) is 28.8. The number of hydrogen-bond acceptors (Lipinski definition) is 4. The third-order valence-electron chi connectivity index (χ3n) is 7.87. The van der Waals surface area contributed by atoms with Gasteiger partial charge < -0.3 is 20.0 Å². The summed E-state index contributed by atoms with van der Waals surface area (Å²) < 4.78 is 5.52. The van der Waals surface area contributed by atoms with Crippen molar-refractivity contribution in [3.05, 3.63) is 24.3 Å². The van der Waals surface area contributed by atoms with E-state index in [0.29, 0.717) is 18.4 Å². The van der Waals surface area contributed by atoms with Gasteiger partial charge >= 0.3 is 0 Å². The van der Waals surface area contributed by atoms with Crippen molar-refractivity contribution in [3.8, 4) is 5.75 Å². The lowest BCUT2D eigenvalue weighted by molar-refractivity contribution is -0.134. The van der Waals surface area contributed by atoms with Crippen molar-refractivity contribution in [1.82, 2.24) is 9.80 Å². The van der Waals surface area contributed by atoms with E-state index in [1.165, 1.54) is 37.8 Å². The van der Waals surface area contributed by atoms with Crippen molar-refractivity contribution < 1.29 is 15.0 Å². The van der Waals surface area contributed by atoms with Crippen LogP contribution < -0.4 is 9.64 Å². The third-order valence-corrected chi connectivity index (χ3v) is 7.87. The lowest BCUT2D eigenvalue weighted by atomic mass is 9.68. The number of methoxy groups -OCH3 is 1. The number of carbonyl (C=O) groups excluding carboxylic acids is 1. The minimum atomic E-state index is 0. The van der Waals surface area contributed by atoms with E-state index >= 15 is 0 Å². The highest BCUT2D eigenvalue weighted by Gasteiger charge is 2.43. The van der Waals surface area contributed by atoms with Gasteiger partial charge in [0.05, 0.1) is 12.8 Å². The van der Waals surface area contributed by atoms with Gasteiger partial charge in [0.2, 0.25) is 5.91 Å². The SMILES string of the molecule is COc1ccccc1N1CCN(CCC(=O)N2CC3CC4CC(C3)CC2C4)CC1.Cl.Cl.O. The minimum absolute atomic E-state index is 0. The molecule has 1 amide bonds. The monoisotopic (exact) mass is 487 g/mol. The Hall–Kier alpha value is -1.21. The maximum atomic E-state index is 13.1. The highest BCUT2D eigenvalue weighted by molar-refractivity contribution is 5.85. The first-order valence-corrected chi connectivity index (χ1v) is 11.6. The summed E-state index contributed by atoms with van der Waals surface area (Å²) in [6, 6.07) is 8.80. The van der Waals surface area contributed by atoms with Gasteiger partial charge in [0.1, 0.15) is 5.75 Å². The molecule has 5 fully saturated rings. The quantitative estimate of drug-likeness (QED) is 0.638. The molecule has 2 aliphatic carbocycles. The fourth-order valence-electron chi connectivity index (χ4n) is 6.59. The summed E-state index contributed by atoms with van der Waals surface area (Å²) in [5.41, 5.74) is 1.18. The summed E-state index contributed by atoms with van der Waals surface area (Å²) in [6.07, 6.45) is 7.43. The third kappa shape index (κ3) is 5.64. The molecule has 2 unspecified atom stereocenters. The average molecular weight is 489 g/mol. The van der Waals surface area contributed by atoms with Crippen molar-refractivity contribution in [2.75, 3.05) is 51.3 Å². The van der Waals surface area contributed by atoms with Crippen LogP contribution in [0.4, 0.5) is 5.69 Å². The zero-order valence-electron chi connectivity index (χ0n) is 19.1. The number of halogens is 2. The molecule has 3 aliphatic heterocycles. The molecule has 4 bridgehead atoms. The molecule has 32 heavy (non-hydrogen) atoms. The van der Waals surface area contributed by atoms with Crippen LogP contribution in [0.3, 0.4) is 0 Å². The molecule has 182 valence electrons. The van der Waals surface area contributed by atoms with Crippen LogP contribution in [0.15, 0.2) is 24.3 Å². The van der Waals surface area contributed by atoms with Crippen LogP contribution in [0.25, 0.3) is 0 Å². The van der Waals surface area contributed by atoms with Crippen LogP contribution in [0.2, 0.25) is 0 Å². The number of para-hydroxylation sites is 2. The van der Waals surface area contributed by atoms with E-state index in [9.17, 15) is 4.79 Å². The van der Waals surface area contributed by atoms with Crippen LogP contribution in [-0.2, 0) is 4.79 Å². The molecule has 0 radical (unpaired) electrons. The lowest BCUT2D eigenvalue weighted by Crippen LogP contribution is -2.48. The Bertz CT molecular complexity index is 731. The molecule has 1 aromatic carbocycles. The van der Waals surface area contributed by atoms with E-state index in [-0.39, 0.29) is 30.3 Å². The highest BCUT2D eigenvalue weighted by Crippen LogP contribution is 2.47. The van der Waals surface area contributed by atoms with E-state index in [2.05, 4.69) is 26.8 Å². The summed E-state index contributed by atoms with van der Waals surface area (Å²) in [5, 5.41) is 0. The number of benzene rings is 1. The average Bonchev–Trinajstić information content (AvgIpc) is 2.95. The largest absolute Gasteiger partial charge is 0.495 e. The van der Waals surface area contributed by atoms with Gasteiger partial charge in [-0.15, -0.1) is 24.8 Å². The molecule has 0 aromatic heterocycles. The molecule has 5 aliphatic rings. The van der Waals surface area contributed by atoms with Crippen molar-refractivity contribution in [3.63, 3.8) is 0 Å². The molecule has 3 heterocycles. The summed E-state index contributed by atoms with van der Waals surface area (Å²) in [6.45, 7) is 5.96. The number of ether oxygens (including phenoxy) is 1. The number of hydrogen-bond donors (Lipinski definition) is 0. The number of amides is 1. The van der Waals surface area contributed by atoms with E-state index in [1.807, 2.05) is 12.1 Å². The molecule has 0 spiro atoms. The second-order valence-corrected chi connectivity index (χ2v) is 9.73. The van der Waals surface area contributed by atoms with Crippen molar-refractivity contribution in [2.24, 2.45) is 17.8 Å². The van der Waals surface area contributed by atoms with Crippen LogP contribution in [0.5, 0.6) is 5.75 Å². The van der Waals surface area contributed by atoms with Gasteiger partial charge in [-0.3, -0.25) is 9.69 Å². The number of fused-ring (bicyclic) bond motifs is 1. The van der Waals surface area contributed by atoms with Crippen LogP contribution in [0.1, 0.15) is 38.5 Å². The number of piperazine rings is 1. The predicted octanol–water partition coefficient (Wildman–Crippen LogP) is 3.26. The lowest BCUT2D eigenvalue weighted by Gasteiger charge is -2.39. The van der Waals surface area contributed by atoms with Crippen LogP contribution in [0, 0.1) is 17.8 Å². The second kappa shape index (κ2) is 11.8. The summed E-state index contributed by atoms with van der Waals surface area (Å²) >= 11 is 0. The molecule has 6 nitrogen and oxygen atoms in total. The fraction of sp³-hybridized carbons (Fsp3) is 0.708. The number of nitrogens with zero attached hydrogens (tertiary/aromatic N) is 3. The van der Waals surface area contributed by atoms with Gasteiger partial charge in [-0.05, 0) is 62.0 Å². The number of rotatable bonds is 5. The highest BCUT2D eigenvalue weighted by atomic mass is 35.5. The Morgan fingerprint density at radius 3 is 2.22 bits per heavy atom. The van der Waals surface area contributed by atoms with Gasteiger partial charge in [-0.25, -0.2) is 0 Å². The Balaban J connectivity index is 0.00000121. The summed E-state index contributed by atoms with van der Waals surface area (Å²) in [5.74, 6) is 3.94. The Morgan fingerprint density at radius 2 is 1.56 bits per heavy atom. The molecular weight excluding hydrogens is 449 g/mol. The molecule has 3 saturated heterocycles. The summed E-state index contributed by atoms with van der Waals surface area (Å²) in [4.78, 5) is 20.3. The number of carbonyl (C=O) groups is 1. The Labute approximate surface area is 204 Å². The Morgan fingerprint density at radius 1 is 0.938 bits per heavy atom. The van der Waals surface area contributed by atoms with Crippen LogP contribution >= 0.6 is 24.8 Å². The molecule has 2 saturated carbocycles. The van der Waals surface area contributed by atoms with Crippen LogP contribution in [-0.4, -0.2) is 73.6 Å². The molecule has 1 aromatic rings. The smallest absolute Gasteiger partial charge is 0.224 e. The first-order valence-electron chi connectivity index (χ1n) is 11.6. The Kier molecular flexibility index (Phi) is 9.95. The van der Waals surface area contributed by atoms with E-state index in [1.54, 1.807) is 7.11 Å². The van der Waals surface area contributed by atoms with E-state index in [4.69, 9.17) is 4.74 Å². The minimum Gasteiger partial charge on any atom is -0.495 e. The first kappa shape index (κ1) is 27.0. The zero-order chi connectivity index (χ0) is 19.8. The van der Waals surface area contributed by atoms with E-state index in [0.717, 1.165) is 62.8 Å². The van der Waals surface area contributed by atoms with Crippen molar-refractivity contribution in [2.45, 2.75) is 44.6 Å². The molecule has 2 atom stereocenters. The molecule has 2 N–H and O–H groups in total. The standard InChI is InChI=1S/C24H35N3O2.2ClH.H2O/c1-29-23-5-3-2-4-22(23)26-10-8-25(9-11-26)7-6-24(28)27-17-20-13-18-12-19(14-20)16-21(27)15-18;;;/h2-5,18-21H,6-17H2,1H3;2*1H;1H2. The second-order valence-electron chi connectivity index (χ2n) is 9.73. The van der Waals surface area contributed by atoms with Gasteiger partial charge in [0.15, 0.2) is 0 Å². The first-order chi connectivity index (χ1) is 14.2. The van der Waals surface area contributed by atoms with Crippen molar-refractivity contribution >= 4 is 36.4 Å². The molecule has 8 heteroatoms. The topological polar surface area (TPSA) is 67.5 Å². The predicted molar refractivity (Wildman–Crippen MR) is 133 cm³/mol. The molecule has 6 rings (SSSR count). The number of anilines is 1. The fourth-order valence-corrected chi connectivity index (χ4v) is 6.59. The van der Waals surface area contributed by atoms with Gasteiger partial charge in [-0.1, -0.05) is 12.1 Å². The summed E-state index contributed by atoms with van der Waals surface area (Å²) in [7, 11) is 1.74.